The highest BCUT2D eigenvalue weighted by Crippen LogP contribution is 2.19. The van der Waals surface area contributed by atoms with Crippen molar-refractivity contribution in [3.05, 3.63) is 71.8 Å². The van der Waals surface area contributed by atoms with E-state index >= 15 is 0 Å². The Labute approximate surface area is 142 Å². The number of hydrogen-bond donors (Lipinski definition) is 0. The summed E-state index contributed by atoms with van der Waals surface area (Å²) in [5.41, 5.74) is 2.08. The molecule has 1 amide bonds. The number of rotatable bonds is 4. The van der Waals surface area contributed by atoms with E-state index in [0.717, 1.165) is 11.1 Å². The number of piperidine rings is 1. The largest absolute Gasteiger partial charge is 0.445 e. The van der Waals surface area contributed by atoms with Gasteiger partial charge < -0.3 is 9.64 Å². The summed E-state index contributed by atoms with van der Waals surface area (Å²) < 4.78 is 5.38. The van der Waals surface area contributed by atoms with Gasteiger partial charge >= 0.3 is 6.09 Å². The molecule has 1 aliphatic heterocycles. The van der Waals surface area contributed by atoms with Crippen molar-refractivity contribution in [1.82, 2.24) is 4.90 Å². The summed E-state index contributed by atoms with van der Waals surface area (Å²) in [6.45, 7) is 1.13. The zero-order chi connectivity index (χ0) is 16.8. The molecule has 0 radical (unpaired) electrons. The number of benzene rings is 2. The van der Waals surface area contributed by atoms with Crippen LogP contribution in [0.4, 0.5) is 4.79 Å². The maximum absolute atomic E-state index is 12.3. The maximum atomic E-state index is 12.3. The van der Waals surface area contributed by atoms with Crippen LogP contribution in [0.1, 0.15) is 17.5 Å². The summed E-state index contributed by atoms with van der Waals surface area (Å²) in [6.07, 6.45) is 0.726. The van der Waals surface area contributed by atoms with Crippen LogP contribution in [0, 0.1) is 5.92 Å². The predicted octanol–water partition coefficient (Wildman–Crippen LogP) is 3.46. The fourth-order valence-corrected chi connectivity index (χ4v) is 2.96. The molecule has 1 fully saturated rings. The number of nitrogens with zero attached hydrogens (tertiary/aromatic N) is 1. The van der Waals surface area contributed by atoms with Crippen LogP contribution in [-0.2, 0) is 22.6 Å². The Morgan fingerprint density at radius 1 is 1.00 bits per heavy atom. The van der Waals surface area contributed by atoms with E-state index in [-0.39, 0.29) is 24.4 Å². The van der Waals surface area contributed by atoms with Crippen molar-refractivity contribution < 1.29 is 14.3 Å². The van der Waals surface area contributed by atoms with E-state index in [9.17, 15) is 9.59 Å². The van der Waals surface area contributed by atoms with E-state index < -0.39 is 0 Å². The lowest BCUT2D eigenvalue weighted by Crippen LogP contribution is -2.45. The van der Waals surface area contributed by atoms with Crippen LogP contribution >= 0.6 is 0 Å². The molecule has 2 aromatic rings. The topological polar surface area (TPSA) is 46.6 Å². The molecule has 1 atom stereocenters. The number of hydrogen-bond acceptors (Lipinski definition) is 3. The fourth-order valence-electron chi connectivity index (χ4n) is 2.96. The van der Waals surface area contributed by atoms with Crippen LogP contribution in [0.3, 0.4) is 0 Å². The monoisotopic (exact) mass is 323 g/mol. The number of likely N-dealkylation sites (tertiary alicyclic amines) is 1. The van der Waals surface area contributed by atoms with Gasteiger partial charge in [0.05, 0.1) is 0 Å². The molecule has 0 bridgehead atoms. The smallest absolute Gasteiger partial charge is 0.410 e. The quantitative estimate of drug-likeness (QED) is 0.866. The molecular weight excluding hydrogens is 302 g/mol. The van der Waals surface area contributed by atoms with Crippen LogP contribution in [-0.4, -0.2) is 29.9 Å². The number of Topliss-reactive ketones (excluding diaryl/α,β-unsaturated/α-hetero) is 1. The van der Waals surface area contributed by atoms with Crippen LogP contribution in [0.25, 0.3) is 0 Å². The Morgan fingerprint density at radius 2 is 1.62 bits per heavy atom. The molecule has 4 heteroatoms. The summed E-state index contributed by atoms with van der Waals surface area (Å²) in [5, 5.41) is 0. The highest BCUT2D eigenvalue weighted by atomic mass is 16.6. The van der Waals surface area contributed by atoms with Crippen molar-refractivity contribution in [2.75, 3.05) is 13.1 Å². The molecular formula is C20H21NO3. The third-order valence-electron chi connectivity index (χ3n) is 4.31. The first kappa shape index (κ1) is 16.2. The van der Waals surface area contributed by atoms with Gasteiger partial charge in [-0.1, -0.05) is 60.7 Å². The minimum Gasteiger partial charge on any atom is -0.445 e. The van der Waals surface area contributed by atoms with E-state index in [1.165, 1.54) is 0 Å². The van der Waals surface area contributed by atoms with Gasteiger partial charge in [0.15, 0.2) is 0 Å². The van der Waals surface area contributed by atoms with Gasteiger partial charge in [-0.25, -0.2) is 4.79 Å². The summed E-state index contributed by atoms with van der Waals surface area (Å²) in [6, 6.07) is 19.5. The Balaban J connectivity index is 1.56. The van der Waals surface area contributed by atoms with Crippen molar-refractivity contribution >= 4 is 11.9 Å². The second-order valence-electron chi connectivity index (χ2n) is 6.09. The van der Waals surface area contributed by atoms with Gasteiger partial charge in [0.25, 0.3) is 0 Å². The highest BCUT2D eigenvalue weighted by Gasteiger charge is 2.30. The molecule has 0 N–H and O–H groups in total. The summed E-state index contributed by atoms with van der Waals surface area (Å²) in [7, 11) is 0. The van der Waals surface area contributed by atoms with E-state index in [2.05, 4.69) is 0 Å². The molecule has 1 aliphatic rings. The minimum absolute atomic E-state index is 0.148. The van der Waals surface area contributed by atoms with Crippen LogP contribution in [0.15, 0.2) is 60.7 Å². The average Bonchev–Trinajstić information content (AvgIpc) is 2.63. The van der Waals surface area contributed by atoms with Crippen molar-refractivity contribution in [2.45, 2.75) is 19.4 Å². The fraction of sp³-hybridized carbons (Fsp3) is 0.300. The van der Waals surface area contributed by atoms with Gasteiger partial charge in [-0.15, -0.1) is 0 Å². The summed E-state index contributed by atoms with van der Waals surface area (Å²) in [4.78, 5) is 26.1. The zero-order valence-electron chi connectivity index (χ0n) is 13.6. The predicted molar refractivity (Wildman–Crippen MR) is 91.5 cm³/mol. The minimum atomic E-state index is -0.343. The molecule has 4 nitrogen and oxygen atoms in total. The normalized spacial score (nSPS) is 17.6. The second-order valence-corrected chi connectivity index (χ2v) is 6.09. The number of amides is 1. The van der Waals surface area contributed by atoms with E-state index in [1.54, 1.807) is 4.90 Å². The number of carbonyl (C=O) groups excluding carboxylic acids is 2. The van der Waals surface area contributed by atoms with E-state index in [4.69, 9.17) is 4.74 Å². The van der Waals surface area contributed by atoms with Gasteiger partial charge in [-0.05, 0) is 17.5 Å². The van der Waals surface area contributed by atoms with Gasteiger partial charge in [0.2, 0.25) is 0 Å². The lowest BCUT2D eigenvalue weighted by atomic mass is 9.90. The molecule has 24 heavy (non-hydrogen) atoms. The van der Waals surface area contributed by atoms with Crippen molar-refractivity contribution in [3.8, 4) is 0 Å². The lowest BCUT2D eigenvalue weighted by Gasteiger charge is -2.31. The number of ketones is 1. The SMILES string of the molecule is O=C1CCN(C(=O)OCc2ccccc2)CC1Cc1ccccc1. The van der Waals surface area contributed by atoms with Crippen molar-refractivity contribution in [2.24, 2.45) is 5.92 Å². The van der Waals surface area contributed by atoms with Crippen molar-refractivity contribution in [3.63, 3.8) is 0 Å². The van der Waals surface area contributed by atoms with Crippen LogP contribution in [0.2, 0.25) is 0 Å². The molecule has 1 saturated heterocycles. The third-order valence-corrected chi connectivity index (χ3v) is 4.31. The van der Waals surface area contributed by atoms with Gasteiger partial charge in [0.1, 0.15) is 12.4 Å². The Hall–Kier alpha value is -2.62. The van der Waals surface area contributed by atoms with Gasteiger partial charge in [0, 0.05) is 25.4 Å². The molecule has 2 aromatic carbocycles. The third kappa shape index (κ3) is 4.22. The Kier molecular flexibility index (Phi) is 5.26. The molecule has 124 valence electrons. The molecule has 1 unspecified atom stereocenters. The maximum Gasteiger partial charge on any atom is 0.410 e. The Morgan fingerprint density at radius 3 is 2.29 bits per heavy atom. The summed E-state index contributed by atoms with van der Waals surface area (Å²) >= 11 is 0. The number of carbonyl (C=O) groups is 2. The molecule has 0 aliphatic carbocycles. The summed E-state index contributed by atoms with van der Waals surface area (Å²) in [5.74, 6) is 0.0800. The van der Waals surface area contributed by atoms with E-state index in [0.29, 0.717) is 25.9 Å². The van der Waals surface area contributed by atoms with E-state index in [1.807, 2.05) is 60.7 Å². The molecule has 0 saturated carbocycles. The molecule has 3 rings (SSSR count). The first-order valence-electron chi connectivity index (χ1n) is 8.24. The molecule has 0 spiro atoms. The van der Waals surface area contributed by atoms with Crippen molar-refractivity contribution in [1.29, 1.82) is 0 Å². The standard InChI is InChI=1S/C20H21NO3/c22-19-11-12-21(14-18(19)13-16-7-3-1-4-8-16)20(23)24-15-17-9-5-2-6-10-17/h1-10,18H,11-15H2. The second kappa shape index (κ2) is 7.77. The highest BCUT2D eigenvalue weighted by molar-refractivity contribution is 5.84. The molecule has 0 aromatic heterocycles. The van der Waals surface area contributed by atoms with Gasteiger partial charge in [-0.2, -0.15) is 0 Å². The van der Waals surface area contributed by atoms with Crippen LogP contribution < -0.4 is 0 Å². The molecule has 1 heterocycles. The number of ether oxygens (including phenoxy) is 1. The first-order chi connectivity index (χ1) is 11.7. The lowest BCUT2D eigenvalue weighted by molar-refractivity contribution is -0.125. The van der Waals surface area contributed by atoms with Crippen LogP contribution in [0.5, 0.6) is 0 Å². The zero-order valence-corrected chi connectivity index (χ0v) is 13.6. The first-order valence-corrected chi connectivity index (χ1v) is 8.24. The Bertz CT molecular complexity index is 685. The van der Waals surface area contributed by atoms with Gasteiger partial charge in [-0.3, -0.25) is 4.79 Å². The average molecular weight is 323 g/mol.